The normalized spacial score (nSPS) is 11.4. The SMILES string of the molecule is c1ccc(-c2ccc(-c3ccc(N(c4ccccc4)c4ccc(-c5cc6ccccc6c6ccccc56)cc4)cc3)cc2-n2c3ccccc3c3ccccc32)cc1. The summed E-state index contributed by atoms with van der Waals surface area (Å²) in [4.78, 5) is 2.34. The van der Waals surface area contributed by atoms with Gasteiger partial charge in [-0.25, -0.2) is 0 Å². The first-order chi connectivity index (χ1) is 28.8. The maximum atomic E-state index is 2.44. The average molecular weight is 739 g/mol. The van der Waals surface area contributed by atoms with Crippen LogP contribution in [0.1, 0.15) is 0 Å². The summed E-state index contributed by atoms with van der Waals surface area (Å²) in [6, 6.07) is 83.6. The minimum atomic E-state index is 1.10. The van der Waals surface area contributed by atoms with Crippen molar-refractivity contribution in [3.63, 3.8) is 0 Å². The molecule has 0 atom stereocenters. The number of aromatic nitrogens is 1. The number of hydrogen-bond donors (Lipinski definition) is 0. The lowest BCUT2D eigenvalue weighted by Crippen LogP contribution is -2.09. The van der Waals surface area contributed by atoms with Crippen molar-refractivity contribution in [2.24, 2.45) is 0 Å². The van der Waals surface area contributed by atoms with Crippen molar-refractivity contribution in [3.05, 3.63) is 231 Å². The summed E-state index contributed by atoms with van der Waals surface area (Å²) < 4.78 is 2.44. The molecule has 2 nitrogen and oxygen atoms in total. The lowest BCUT2D eigenvalue weighted by atomic mass is 9.93. The second-order valence-electron chi connectivity index (χ2n) is 14.9. The standard InChI is InChI=1S/C56H38N2/c1-3-15-40(16-4-1)48-36-31-42(38-56(48)58-54-25-13-11-23-51(54)52-24-12-14-26-55(52)58)39-27-32-45(33-28-39)57(44-18-5-2-6-19-44)46-34-29-41(30-35-46)53-37-43-17-7-8-20-47(43)49-21-9-10-22-50(49)53/h1-38H. The molecule has 58 heavy (non-hydrogen) atoms. The fourth-order valence-electron chi connectivity index (χ4n) is 8.85. The molecule has 11 aromatic rings. The fourth-order valence-corrected chi connectivity index (χ4v) is 8.85. The maximum Gasteiger partial charge on any atom is 0.0546 e. The summed E-state index contributed by atoms with van der Waals surface area (Å²) in [7, 11) is 0. The van der Waals surface area contributed by atoms with Crippen molar-refractivity contribution in [2.75, 3.05) is 4.90 Å². The zero-order valence-corrected chi connectivity index (χ0v) is 31.8. The summed E-state index contributed by atoms with van der Waals surface area (Å²) in [5, 5.41) is 7.60. The first-order valence-corrected chi connectivity index (χ1v) is 19.9. The first-order valence-electron chi connectivity index (χ1n) is 19.9. The molecule has 1 aromatic heterocycles. The predicted molar refractivity (Wildman–Crippen MR) is 247 cm³/mol. The minimum Gasteiger partial charge on any atom is -0.311 e. The Balaban J connectivity index is 1.00. The Bertz CT molecular complexity index is 3200. The molecule has 0 N–H and O–H groups in total. The largest absolute Gasteiger partial charge is 0.311 e. The van der Waals surface area contributed by atoms with Crippen molar-refractivity contribution in [3.8, 4) is 39.1 Å². The lowest BCUT2D eigenvalue weighted by molar-refractivity contribution is 1.18. The highest BCUT2D eigenvalue weighted by Crippen LogP contribution is 2.41. The van der Waals surface area contributed by atoms with E-state index in [-0.39, 0.29) is 0 Å². The molecule has 0 aliphatic rings. The molecule has 2 heteroatoms. The second-order valence-corrected chi connectivity index (χ2v) is 14.9. The molecule has 0 fully saturated rings. The molecule has 0 aliphatic carbocycles. The number of fused-ring (bicyclic) bond motifs is 6. The maximum absolute atomic E-state index is 2.44. The topological polar surface area (TPSA) is 8.17 Å². The van der Waals surface area contributed by atoms with Crippen LogP contribution in [0.3, 0.4) is 0 Å². The van der Waals surface area contributed by atoms with Gasteiger partial charge in [0.1, 0.15) is 0 Å². The summed E-state index contributed by atoms with van der Waals surface area (Å²) in [6.45, 7) is 0. The van der Waals surface area contributed by atoms with Gasteiger partial charge in [0.25, 0.3) is 0 Å². The molecular weight excluding hydrogens is 701 g/mol. The van der Waals surface area contributed by atoms with Gasteiger partial charge >= 0.3 is 0 Å². The summed E-state index contributed by atoms with van der Waals surface area (Å²) >= 11 is 0. The number of anilines is 3. The van der Waals surface area contributed by atoms with Gasteiger partial charge in [-0.15, -0.1) is 0 Å². The molecule has 0 unspecified atom stereocenters. The third-order valence-electron chi connectivity index (χ3n) is 11.6. The van der Waals surface area contributed by atoms with Gasteiger partial charge in [-0.2, -0.15) is 0 Å². The number of hydrogen-bond acceptors (Lipinski definition) is 1. The van der Waals surface area contributed by atoms with Crippen LogP contribution in [0.5, 0.6) is 0 Å². The number of benzene rings is 10. The smallest absolute Gasteiger partial charge is 0.0546 e. The Morgan fingerprint density at radius 3 is 1.40 bits per heavy atom. The van der Waals surface area contributed by atoms with Crippen LogP contribution in [0.2, 0.25) is 0 Å². The van der Waals surface area contributed by atoms with E-state index in [0.29, 0.717) is 0 Å². The second kappa shape index (κ2) is 14.1. The van der Waals surface area contributed by atoms with Gasteiger partial charge < -0.3 is 9.47 Å². The van der Waals surface area contributed by atoms with Gasteiger partial charge in [0.2, 0.25) is 0 Å². The molecule has 272 valence electrons. The molecule has 0 bridgehead atoms. The molecule has 0 radical (unpaired) electrons. The highest BCUT2D eigenvalue weighted by molar-refractivity contribution is 6.14. The molecule has 11 rings (SSSR count). The van der Waals surface area contributed by atoms with E-state index in [1.807, 2.05) is 0 Å². The fraction of sp³-hybridized carbons (Fsp3) is 0. The van der Waals surface area contributed by atoms with E-state index in [1.54, 1.807) is 0 Å². The van der Waals surface area contributed by atoms with Crippen LogP contribution in [-0.4, -0.2) is 4.57 Å². The average Bonchev–Trinajstić information content (AvgIpc) is 3.64. The summed E-state index contributed by atoms with van der Waals surface area (Å²) in [6.07, 6.45) is 0. The Morgan fingerprint density at radius 2 is 0.741 bits per heavy atom. The van der Waals surface area contributed by atoms with E-state index >= 15 is 0 Å². The van der Waals surface area contributed by atoms with Crippen LogP contribution in [0.4, 0.5) is 17.1 Å². The molecule has 0 saturated heterocycles. The van der Waals surface area contributed by atoms with Crippen molar-refractivity contribution >= 4 is 60.4 Å². The Kier molecular flexibility index (Phi) is 8.19. The first kappa shape index (κ1) is 33.6. The Labute approximate surface area is 338 Å². The predicted octanol–water partition coefficient (Wildman–Crippen LogP) is 15.6. The number of para-hydroxylation sites is 3. The summed E-state index contributed by atoms with van der Waals surface area (Å²) in [5.74, 6) is 0. The van der Waals surface area contributed by atoms with E-state index < -0.39 is 0 Å². The molecule has 0 saturated carbocycles. The van der Waals surface area contributed by atoms with Gasteiger partial charge in [0.05, 0.1) is 16.7 Å². The van der Waals surface area contributed by atoms with E-state index in [0.717, 1.165) is 28.3 Å². The van der Waals surface area contributed by atoms with Crippen LogP contribution >= 0.6 is 0 Å². The van der Waals surface area contributed by atoms with Gasteiger partial charge in [0, 0.05) is 33.4 Å². The molecule has 0 amide bonds. The highest BCUT2D eigenvalue weighted by atomic mass is 15.1. The van der Waals surface area contributed by atoms with Crippen molar-refractivity contribution < 1.29 is 0 Å². The van der Waals surface area contributed by atoms with Crippen LogP contribution < -0.4 is 4.90 Å². The third kappa shape index (κ3) is 5.74. The van der Waals surface area contributed by atoms with Crippen molar-refractivity contribution in [1.29, 1.82) is 0 Å². The lowest BCUT2D eigenvalue weighted by Gasteiger charge is -2.26. The van der Waals surface area contributed by atoms with Crippen LogP contribution in [0.15, 0.2) is 231 Å². The monoisotopic (exact) mass is 738 g/mol. The third-order valence-corrected chi connectivity index (χ3v) is 11.6. The van der Waals surface area contributed by atoms with Crippen LogP contribution in [0, 0.1) is 0 Å². The van der Waals surface area contributed by atoms with E-state index in [1.165, 1.54) is 71.2 Å². The van der Waals surface area contributed by atoms with Crippen molar-refractivity contribution in [2.45, 2.75) is 0 Å². The molecule has 1 heterocycles. The van der Waals surface area contributed by atoms with E-state index in [9.17, 15) is 0 Å². The molecular formula is C56H38N2. The van der Waals surface area contributed by atoms with Crippen LogP contribution in [-0.2, 0) is 0 Å². The van der Waals surface area contributed by atoms with Gasteiger partial charge in [-0.05, 0) is 110 Å². The zero-order chi connectivity index (χ0) is 38.4. The van der Waals surface area contributed by atoms with E-state index in [4.69, 9.17) is 0 Å². The molecule has 0 aliphatic heterocycles. The Morgan fingerprint density at radius 1 is 0.276 bits per heavy atom. The van der Waals surface area contributed by atoms with Gasteiger partial charge in [-0.3, -0.25) is 0 Å². The van der Waals surface area contributed by atoms with E-state index in [2.05, 4.69) is 240 Å². The summed E-state index contributed by atoms with van der Waals surface area (Å²) in [5.41, 5.74) is 14.0. The minimum absolute atomic E-state index is 1.10. The number of rotatable bonds is 7. The van der Waals surface area contributed by atoms with Gasteiger partial charge in [0.15, 0.2) is 0 Å². The highest BCUT2D eigenvalue weighted by Gasteiger charge is 2.18. The molecule has 10 aromatic carbocycles. The molecule has 0 spiro atoms. The van der Waals surface area contributed by atoms with Crippen molar-refractivity contribution in [1.82, 2.24) is 4.57 Å². The van der Waals surface area contributed by atoms with Crippen LogP contribution in [0.25, 0.3) is 82.4 Å². The number of nitrogens with zero attached hydrogens (tertiary/aromatic N) is 2. The van der Waals surface area contributed by atoms with Gasteiger partial charge in [-0.1, -0.05) is 170 Å². The Hall–Kier alpha value is -7.68. The quantitative estimate of drug-likeness (QED) is 0.148. The zero-order valence-electron chi connectivity index (χ0n) is 31.8.